The van der Waals surface area contributed by atoms with Crippen LogP contribution in [0.25, 0.3) is 0 Å². The Morgan fingerprint density at radius 3 is 2.67 bits per heavy atom. The summed E-state index contributed by atoms with van der Waals surface area (Å²) in [5.41, 5.74) is 3.26. The second-order valence-electron chi connectivity index (χ2n) is 8.11. The molecular weight excluding hydrogens is 343 g/mol. The average molecular weight is 370 g/mol. The summed E-state index contributed by atoms with van der Waals surface area (Å²) in [4.78, 5) is 13.3. The SMILES string of the molecule is CC(C)Oc1cc(CCC(C)(C)N2Cc3cccc(F)c3C2)ccc1N=O. The van der Waals surface area contributed by atoms with Crippen molar-refractivity contribution >= 4 is 5.69 Å². The van der Waals surface area contributed by atoms with Crippen LogP contribution in [-0.2, 0) is 19.5 Å². The first-order chi connectivity index (χ1) is 12.8. The number of aryl methyl sites for hydroxylation is 1. The van der Waals surface area contributed by atoms with Crippen LogP contribution in [0.15, 0.2) is 41.6 Å². The zero-order chi connectivity index (χ0) is 19.6. The second kappa shape index (κ2) is 7.77. The third-order valence-electron chi connectivity index (χ3n) is 5.29. The molecule has 0 aromatic heterocycles. The van der Waals surface area contributed by atoms with E-state index in [1.165, 1.54) is 6.07 Å². The molecule has 0 aliphatic carbocycles. The summed E-state index contributed by atoms with van der Waals surface area (Å²) in [6, 6.07) is 10.9. The highest BCUT2D eigenvalue weighted by atomic mass is 19.1. The molecular formula is C22H27FN2O2. The van der Waals surface area contributed by atoms with Gasteiger partial charge >= 0.3 is 0 Å². The first-order valence-electron chi connectivity index (χ1n) is 9.44. The molecule has 5 heteroatoms. The van der Waals surface area contributed by atoms with Crippen LogP contribution in [0, 0.1) is 10.7 Å². The third kappa shape index (κ3) is 4.35. The number of ether oxygens (including phenoxy) is 1. The van der Waals surface area contributed by atoms with E-state index in [1.54, 1.807) is 12.1 Å². The van der Waals surface area contributed by atoms with Gasteiger partial charge in [-0.15, -0.1) is 4.91 Å². The van der Waals surface area contributed by atoms with Gasteiger partial charge in [0.15, 0.2) is 0 Å². The number of fused-ring (bicyclic) bond motifs is 1. The quantitative estimate of drug-likeness (QED) is 0.584. The van der Waals surface area contributed by atoms with E-state index in [0.29, 0.717) is 18.0 Å². The fourth-order valence-electron chi connectivity index (χ4n) is 3.56. The first-order valence-corrected chi connectivity index (χ1v) is 9.44. The molecule has 0 N–H and O–H groups in total. The number of hydrogen-bond acceptors (Lipinski definition) is 4. The van der Waals surface area contributed by atoms with Crippen molar-refractivity contribution in [3.05, 3.63) is 63.8 Å². The normalized spacial score (nSPS) is 14.4. The minimum absolute atomic E-state index is 0.0183. The second-order valence-corrected chi connectivity index (χ2v) is 8.11. The molecule has 4 nitrogen and oxygen atoms in total. The van der Waals surface area contributed by atoms with Crippen LogP contribution in [0.4, 0.5) is 10.1 Å². The minimum Gasteiger partial charge on any atom is -0.489 e. The molecule has 2 aromatic carbocycles. The van der Waals surface area contributed by atoms with Gasteiger partial charge in [-0.1, -0.05) is 18.2 Å². The molecule has 0 saturated carbocycles. The molecule has 0 spiro atoms. The molecule has 1 aliphatic heterocycles. The molecule has 0 radical (unpaired) electrons. The van der Waals surface area contributed by atoms with E-state index >= 15 is 0 Å². The molecule has 0 fully saturated rings. The van der Waals surface area contributed by atoms with Crippen LogP contribution in [0.3, 0.4) is 0 Å². The maximum Gasteiger partial charge on any atom is 0.149 e. The Bertz CT molecular complexity index is 833. The maximum absolute atomic E-state index is 14.0. The largest absolute Gasteiger partial charge is 0.489 e. The number of nitroso groups, excluding NO2 is 1. The van der Waals surface area contributed by atoms with Crippen LogP contribution in [0.5, 0.6) is 5.75 Å². The van der Waals surface area contributed by atoms with Crippen LogP contribution in [0.1, 0.15) is 50.8 Å². The Labute approximate surface area is 160 Å². The van der Waals surface area contributed by atoms with Crippen molar-refractivity contribution in [2.75, 3.05) is 0 Å². The Morgan fingerprint density at radius 1 is 1.22 bits per heavy atom. The molecule has 144 valence electrons. The van der Waals surface area contributed by atoms with E-state index in [1.807, 2.05) is 32.0 Å². The first kappa shape index (κ1) is 19.5. The van der Waals surface area contributed by atoms with E-state index < -0.39 is 0 Å². The highest BCUT2D eigenvalue weighted by Gasteiger charge is 2.32. The highest BCUT2D eigenvalue weighted by molar-refractivity contribution is 5.53. The lowest BCUT2D eigenvalue weighted by Gasteiger charge is -2.35. The smallest absolute Gasteiger partial charge is 0.149 e. The van der Waals surface area contributed by atoms with Gasteiger partial charge in [-0.3, -0.25) is 4.90 Å². The number of rotatable bonds is 7. The van der Waals surface area contributed by atoms with E-state index in [0.717, 1.165) is 36.1 Å². The van der Waals surface area contributed by atoms with Gasteiger partial charge in [0.2, 0.25) is 0 Å². The number of hydrogen-bond donors (Lipinski definition) is 0. The Balaban J connectivity index is 1.69. The Morgan fingerprint density at radius 2 is 2.00 bits per heavy atom. The molecule has 1 aliphatic rings. The Kier molecular flexibility index (Phi) is 5.61. The predicted molar refractivity (Wildman–Crippen MR) is 106 cm³/mol. The fraction of sp³-hybridized carbons (Fsp3) is 0.455. The predicted octanol–water partition coefficient (Wildman–Crippen LogP) is 5.74. The zero-order valence-electron chi connectivity index (χ0n) is 16.5. The van der Waals surface area contributed by atoms with Gasteiger partial charge in [-0.2, -0.15) is 0 Å². The van der Waals surface area contributed by atoms with E-state index in [-0.39, 0.29) is 17.5 Å². The zero-order valence-corrected chi connectivity index (χ0v) is 16.5. The lowest BCUT2D eigenvalue weighted by molar-refractivity contribution is 0.109. The summed E-state index contributed by atoms with van der Waals surface area (Å²) in [5.74, 6) is 0.421. The lowest BCUT2D eigenvalue weighted by atomic mass is 9.93. The summed E-state index contributed by atoms with van der Waals surface area (Å²) >= 11 is 0. The summed E-state index contributed by atoms with van der Waals surface area (Å²) in [6.45, 7) is 9.66. The van der Waals surface area contributed by atoms with Crippen molar-refractivity contribution in [1.82, 2.24) is 4.90 Å². The standard InChI is InChI=1S/C22H27FN2O2/c1-15(2)27-21-12-16(8-9-20(21)24-26)10-11-22(3,4)25-13-17-6-5-7-19(23)18(17)14-25/h5-9,12,15H,10-11,13-14H2,1-4H3. The van der Waals surface area contributed by atoms with Crippen molar-refractivity contribution in [1.29, 1.82) is 0 Å². The van der Waals surface area contributed by atoms with Crippen molar-refractivity contribution in [3.8, 4) is 5.75 Å². The molecule has 0 bridgehead atoms. The van der Waals surface area contributed by atoms with Crippen molar-refractivity contribution in [3.63, 3.8) is 0 Å². The van der Waals surface area contributed by atoms with E-state index in [4.69, 9.17) is 4.74 Å². The highest BCUT2D eigenvalue weighted by Crippen LogP contribution is 2.34. The van der Waals surface area contributed by atoms with Crippen LogP contribution >= 0.6 is 0 Å². The van der Waals surface area contributed by atoms with Gasteiger partial charge in [0.05, 0.1) is 6.10 Å². The van der Waals surface area contributed by atoms with Gasteiger partial charge in [0.1, 0.15) is 17.3 Å². The van der Waals surface area contributed by atoms with E-state index in [9.17, 15) is 9.30 Å². The van der Waals surface area contributed by atoms with Crippen molar-refractivity contribution in [2.45, 2.75) is 65.3 Å². The van der Waals surface area contributed by atoms with E-state index in [2.05, 4.69) is 23.9 Å². The molecule has 2 aromatic rings. The van der Waals surface area contributed by atoms with Crippen LogP contribution in [0.2, 0.25) is 0 Å². The molecule has 1 heterocycles. The average Bonchev–Trinajstić information content (AvgIpc) is 3.06. The van der Waals surface area contributed by atoms with Gasteiger partial charge in [0, 0.05) is 24.2 Å². The summed E-state index contributed by atoms with van der Waals surface area (Å²) in [7, 11) is 0. The molecule has 0 unspecified atom stereocenters. The summed E-state index contributed by atoms with van der Waals surface area (Å²) < 4.78 is 19.8. The molecule has 0 atom stereocenters. The van der Waals surface area contributed by atoms with Gasteiger partial charge in [-0.05, 0) is 75.0 Å². The third-order valence-corrected chi connectivity index (χ3v) is 5.29. The lowest BCUT2D eigenvalue weighted by Crippen LogP contribution is -2.40. The number of benzene rings is 2. The van der Waals surface area contributed by atoms with Gasteiger partial charge in [0.25, 0.3) is 0 Å². The van der Waals surface area contributed by atoms with Crippen LogP contribution in [-0.4, -0.2) is 16.5 Å². The van der Waals surface area contributed by atoms with Crippen molar-refractivity contribution in [2.24, 2.45) is 5.18 Å². The summed E-state index contributed by atoms with van der Waals surface area (Å²) in [6.07, 6.45) is 1.74. The summed E-state index contributed by atoms with van der Waals surface area (Å²) in [5, 5.41) is 3.05. The minimum atomic E-state index is -0.113. The van der Waals surface area contributed by atoms with Crippen LogP contribution < -0.4 is 4.74 Å². The molecule has 3 rings (SSSR count). The van der Waals surface area contributed by atoms with Gasteiger partial charge < -0.3 is 4.74 Å². The molecule has 0 saturated heterocycles. The fourth-order valence-corrected chi connectivity index (χ4v) is 3.56. The number of nitrogens with zero attached hydrogens (tertiary/aromatic N) is 2. The number of halogens is 1. The maximum atomic E-state index is 14.0. The molecule has 27 heavy (non-hydrogen) atoms. The van der Waals surface area contributed by atoms with Gasteiger partial charge in [-0.25, -0.2) is 4.39 Å². The topological polar surface area (TPSA) is 41.9 Å². The Hall–Kier alpha value is -2.27. The monoisotopic (exact) mass is 370 g/mol. The van der Waals surface area contributed by atoms with Crippen molar-refractivity contribution < 1.29 is 9.13 Å². The molecule has 0 amide bonds.